The van der Waals surface area contributed by atoms with Crippen molar-refractivity contribution in [3.8, 4) is 5.19 Å². The molecule has 0 spiro atoms. The molecule has 2 aromatic rings. The summed E-state index contributed by atoms with van der Waals surface area (Å²) in [6.45, 7) is 0. The minimum atomic E-state index is 0.604. The first kappa shape index (κ1) is 8.18. The molecular weight excluding hydrogens is 188 g/mol. The van der Waals surface area contributed by atoms with Gasteiger partial charge in [-0.3, -0.25) is 0 Å². The number of nitrogens with one attached hydrogen (secondary N) is 1. The Kier molecular flexibility index (Phi) is 1.97. The topological polar surface area (TPSA) is 59.9 Å². The Hall–Kier alpha value is -1.43. The number of hydrogen-bond acceptors (Lipinski definition) is 6. The molecule has 5 nitrogen and oxygen atoms in total. The summed E-state index contributed by atoms with van der Waals surface area (Å²) in [6, 6.07) is 0. The van der Waals surface area contributed by atoms with Crippen molar-refractivity contribution in [2.24, 2.45) is 0 Å². The third kappa shape index (κ3) is 1.29. The molecule has 2 rings (SSSR count). The highest BCUT2D eigenvalue weighted by molar-refractivity contribution is 7.19. The minimum absolute atomic E-state index is 0.604. The van der Waals surface area contributed by atoms with Gasteiger partial charge in [-0.25, -0.2) is 9.97 Å². The molecule has 0 atom stereocenters. The van der Waals surface area contributed by atoms with Crippen molar-refractivity contribution in [2.45, 2.75) is 0 Å². The second kappa shape index (κ2) is 3.14. The van der Waals surface area contributed by atoms with E-state index in [9.17, 15) is 0 Å². The van der Waals surface area contributed by atoms with Gasteiger partial charge in [-0.15, -0.1) is 0 Å². The number of rotatable bonds is 2. The Balaban J connectivity index is 2.67. The van der Waals surface area contributed by atoms with Gasteiger partial charge in [-0.2, -0.15) is 4.98 Å². The van der Waals surface area contributed by atoms with E-state index < -0.39 is 0 Å². The number of aromatic nitrogens is 3. The number of fused-ring (bicyclic) bond motifs is 1. The lowest BCUT2D eigenvalue weighted by atomic mass is 10.5. The van der Waals surface area contributed by atoms with Crippen molar-refractivity contribution < 1.29 is 4.74 Å². The summed E-state index contributed by atoms with van der Waals surface area (Å²) < 4.78 is 5.01. The lowest BCUT2D eigenvalue weighted by Gasteiger charge is -1.96. The SMILES string of the molecule is CNc1ncnc2sc(OC)nc12. The molecule has 0 amide bonds. The average molecular weight is 196 g/mol. The summed E-state index contributed by atoms with van der Waals surface area (Å²) in [5, 5.41) is 3.55. The molecule has 0 unspecified atom stereocenters. The van der Waals surface area contributed by atoms with Crippen molar-refractivity contribution >= 4 is 27.5 Å². The van der Waals surface area contributed by atoms with Crippen LogP contribution in [0.3, 0.4) is 0 Å². The van der Waals surface area contributed by atoms with E-state index in [0.717, 1.165) is 16.2 Å². The van der Waals surface area contributed by atoms with Gasteiger partial charge in [-0.05, 0) is 0 Å². The molecule has 0 saturated heterocycles. The van der Waals surface area contributed by atoms with Gasteiger partial charge in [0.15, 0.2) is 10.6 Å². The number of thiazole rings is 1. The van der Waals surface area contributed by atoms with Gasteiger partial charge in [-0.1, -0.05) is 11.3 Å². The molecule has 0 saturated carbocycles. The fourth-order valence-corrected chi connectivity index (χ4v) is 1.73. The van der Waals surface area contributed by atoms with E-state index in [1.54, 1.807) is 14.2 Å². The molecule has 0 radical (unpaired) electrons. The monoisotopic (exact) mass is 196 g/mol. The van der Waals surface area contributed by atoms with Crippen molar-refractivity contribution in [1.82, 2.24) is 15.0 Å². The van der Waals surface area contributed by atoms with E-state index in [2.05, 4.69) is 20.3 Å². The normalized spacial score (nSPS) is 10.3. The molecule has 13 heavy (non-hydrogen) atoms. The van der Waals surface area contributed by atoms with Crippen LogP contribution in [0.4, 0.5) is 5.82 Å². The Labute approximate surface area is 78.8 Å². The molecule has 0 aromatic carbocycles. The summed E-state index contributed by atoms with van der Waals surface area (Å²) >= 11 is 1.40. The van der Waals surface area contributed by atoms with Gasteiger partial charge >= 0.3 is 0 Å². The first-order valence-electron chi connectivity index (χ1n) is 3.68. The minimum Gasteiger partial charge on any atom is -0.473 e. The fourth-order valence-electron chi connectivity index (χ4n) is 1.01. The Bertz CT molecular complexity index is 427. The molecular formula is C7H8N4OS. The molecule has 0 aliphatic carbocycles. The maximum Gasteiger partial charge on any atom is 0.275 e. The largest absolute Gasteiger partial charge is 0.473 e. The van der Waals surface area contributed by atoms with Gasteiger partial charge in [0.2, 0.25) is 0 Å². The molecule has 6 heteroatoms. The lowest BCUT2D eigenvalue weighted by molar-refractivity contribution is 0.413. The summed E-state index contributed by atoms with van der Waals surface area (Å²) in [5.74, 6) is 0.726. The van der Waals surface area contributed by atoms with Gasteiger partial charge < -0.3 is 10.1 Å². The zero-order valence-electron chi connectivity index (χ0n) is 7.24. The highest BCUT2D eigenvalue weighted by Gasteiger charge is 2.08. The van der Waals surface area contributed by atoms with Crippen LogP contribution in [0.5, 0.6) is 5.19 Å². The first-order valence-corrected chi connectivity index (χ1v) is 4.50. The molecule has 0 fully saturated rings. The van der Waals surface area contributed by atoms with Gasteiger partial charge in [0.1, 0.15) is 11.8 Å². The smallest absolute Gasteiger partial charge is 0.275 e. The van der Waals surface area contributed by atoms with Crippen LogP contribution in [-0.2, 0) is 0 Å². The van der Waals surface area contributed by atoms with E-state index in [1.165, 1.54) is 17.7 Å². The van der Waals surface area contributed by atoms with Crippen LogP contribution in [0.1, 0.15) is 0 Å². The predicted molar refractivity (Wildman–Crippen MR) is 51.3 cm³/mol. The fraction of sp³-hybridized carbons (Fsp3) is 0.286. The number of ether oxygens (including phenoxy) is 1. The van der Waals surface area contributed by atoms with Crippen LogP contribution in [0.15, 0.2) is 6.33 Å². The van der Waals surface area contributed by atoms with E-state index in [0.29, 0.717) is 5.19 Å². The predicted octanol–water partition coefficient (Wildman–Crippen LogP) is 1.14. The third-order valence-electron chi connectivity index (χ3n) is 1.59. The Morgan fingerprint density at radius 3 is 3.00 bits per heavy atom. The van der Waals surface area contributed by atoms with Crippen LogP contribution >= 0.6 is 11.3 Å². The van der Waals surface area contributed by atoms with Gasteiger partial charge in [0.25, 0.3) is 5.19 Å². The maximum atomic E-state index is 5.01. The van der Waals surface area contributed by atoms with Gasteiger partial charge in [0.05, 0.1) is 7.11 Å². The molecule has 0 bridgehead atoms. The molecule has 1 N–H and O–H groups in total. The second-order valence-corrected chi connectivity index (χ2v) is 3.25. The summed E-state index contributed by atoms with van der Waals surface area (Å²) in [5.41, 5.74) is 0.756. The van der Waals surface area contributed by atoms with Crippen LogP contribution in [0, 0.1) is 0 Å². The number of anilines is 1. The Morgan fingerprint density at radius 2 is 2.31 bits per heavy atom. The molecule has 2 aromatic heterocycles. The van der Waals surface area contributed by atoms with E-state index in [1.807, 2.05) is 0 Å². The summed E-state index contributed by atoms with van der Waals surface area (Å²) in [4.78, 5) is 13.2. The molecule has 0 aliphatic rings. The van der Waals surface area contributed by atoms with Crippen molar-refractivity contribution in [3.05, 3.63) is 6.33 Å². The molecule has 68 valence electrons. The number of methoxy groups -OCH3 is 1. The first-order chi connectivity index (χ1) is 6.35. The lowest BCUT2D eigenvalue weighted by Crippen LogP contribution is -1.93. The van der Waals surface area contributed by atoms with Gasteiger partial charge in [0, 0.05) is 7.05 Å². The average Bonchev–Trinajstić information content (AvgIpc) is 2.59. The zero-order chi connectivity index (χ0) is 9.26. The second-order valence-electron chi connectivity index (χ2n) is 2.31. The van der Waals surface area contributed by atoms with Crippen molar-refractivity contribution in [1.29, 1.82) is 0 Å². The maximum absolute atomic E-state index is 5.01. The standard InChI is InChI=1S/C7H8N4OS/c1-8-5-4-6(10-3-9-5)13-7(11-4)12-2/h3H,1-2H3,(H,8,9,10). The van der Waals surface area contributed by atoms with E-state index >= 15 is 0 Å². The van der Waals surface area contributed by atoms with Crippen LogP contribution in [0.2, 0.25) is 0 Å². The summed E-state index contributed by atoms with van der Waals surface area (Å²) in [7, 11) is 3.39. The highest BCUT2D eigenvalue weighted by atomic mass is 32.1. The summed E-state index contributed by atoms with van der Waals surface area (Å²) in [6.07, 6.45) is 1.51. The Morgan fingerprint density at radius 1 is 1.46 bits per heavy atom. The van der Waals surface area contributed by atoms with Crippen molar-refractivity contribution in [2.75, 3.05) is 19.5 Å². The quantitative estimate of drug-likeness (QED) is 0.780. The van der Waals surface area contributed by atoms with Crippen LogP contribution in [0.25, 0.3) is 10.3 Å². The molecule has 0 aliphatic heterocycles. The van der Waals surface area contributed by atoms with E-state index in [4.69, 9.17) is 4.74 Å². The number of nitrogens with zero attached hydrogens (tertiary/aromatic N) is 3. The van der Waals surface area contributed by atoms with E-state index in [-0.39, 0.29) is 0 Å². The number of hydrogen-bond donors (Lipinski definition) is 1. The highest BCUT2D eigenvalue weighted by Crippen LogP contribution is 2.28. The molecule has 2 heterocycles. The van der Waals surface area contributed by atoms with Crippen molar-refractivity contribution in [3.63, 3.8) is 0 Å². The zero-order valence-corrected chi connectivity index (χ0v) is 8.05. The third-order valence-corrected chi connectivity index (χ3v) is 2.51. The van der Waals surface area contributed by atoms with Crippen LogP contribution in [-0.4, -0.2) is 29.1 Å². The van der Waals surface area contributed by atoms with Crippen LogP contribution < -0.4 is 10.1 Å².